The van der Waals surface area contributed by atoms with E-state index in [1.54, 1.807) is 6.92 Å². The molecule has 21 heavy (non-hydrogen) atoms. The number of hydrogen-bond donors (Lipinski definition) is 2. The van der Waals surface area contributed by atoms with Crippen molar-refractivity contribution in [3.63, 3.8) is 0 Å². The minimum Gasteiger partial charge on any atom is -0.397 e. The van der Waals surface area contributed by atoms with Gasteiger partial charge in [0.2, 0.25) is 10.0 Å². The van der Waals surface area contributed by atoms with E-state index in [9.17, 15) is 22.9 Å². The molecule has 0 aliphatic carbocycles. The largest absolute Gasteiger partial charge is 0.397 e. The number of nitrogens with two attached hydrogens (primary N) is 1. The highest BCUT2D eigenvalue weighted by atomic mass is 32.2. The van der Waals surface area contributed by atoms with Gasteiger partial charge in [-0.2, -0.15) is 0 Å². The Kier molecular flexibility index (Phi) is 5.58. The van der Waals surface area contributed by atoms with E-state index in [2.05, 4.69) is 4.72 Å². The van der Waals surface area contributed by atoms with Gasteiger partial charge in [-0.25, -0.2) is 17.5 Å². The summed E-state index contributed by atoms with van der Waals surface area (Å²) in [5, 5.41) is 10.6. The van der Waals surface area contributed by atoms with Crippen molar-refractivity contribution in [2.75, 3.05) is 19.5 Å². The van der Waals surface area contributed by atoms with Gasteiger partial charge in [-0.3, -0.25) is 10.1 Å². The first-order valence-electron chi connectivity index (χ1n) is 5.93. The lowest BCUT2D eigenvalue weighted by atomic mass is 10.3. The minimum absolute atomic E-state index is 0.321. The number of benzene rings is 1. The van der Waals surface area contributed by atoms with E-state index < -0.39 is 43.1 Å². The van der Waals surface area contributed by atoms with Crippen LogP contribution in [-0.4, -0.2) is 33.1 Å². The van der Waals surface area contributed by atoms with Crippen molar-refractivity contribution < 1.29 is 22.5 Å². The third-order valence-corrected chi connectivity index (χ3v) is 4.33. The minimum atomic E-state index is -4.22. The first-order valence-corrected chi connectivity index (χ1v) is 7.42. The fraction of sp³-hybridized carbons (Fsp3) is 0.455. The zero-order valence-electron chi connectivity index (χ0n) is 11.5. The Labute approximate surface area is 121 Å². The molecule has 0 saturated heterocycles. The van der Waals surface area contributed by atoms with E-state index in [0.29, 0.717) is 19.1 Å². The molecule has 0 fully saturated rings. The van der Waals surface area contributed by atoms with Crippen molar-refractivity contribution in [1.82, 2.24) is 4.72 Å². The summed E-state index contributed by atoms with van der Waals surface area (Å²) in [5.41, 5.74) is 4.30. The van der Waals surface area contributed by atoms with Gasteiger partial charge in [0.15, 0.2) is 5.82 Å². The van der Waals surface area contributed by atoms with Gasteiger partial charge in [0.25, 0.3) is 5.69 Å². The lowest BCUT2D eigenvalue weighted by molar-refractivity contribution is -0.385. The number of nitrogens with zero attached hydrogens (tertiary/aromatic N) is 1. The molecule has 1 unspecified atom stereocenters. The molecule has 0 bridgehead atoms. The van der Waals surface area contributed by atoms with E-state index in [0.717, 1.165) is 6.07 Å². The van der Waals surface area contributed by atoms with Crippen LogP contribution in [0.2, 0.25) is 0 Å². The monoisotopic (exact) mass is 321 g/mol. The van der Waals surface area contributed by atoms with E-state index >= 15 is 0 Å². The van der Waals surface area contributed by atoms with Gasteiger partial charge in [-0.1, -0.05) is 0 Å². The Hall–Kier alpha value is -1.78. The molecule has 0 radical (unpaired) electrons. The maximum atomic E-state index is 13.8. The smallest absolute Gasteiger partial charge is 0.274 e. The highest BCUT2D eigenvalue weighted by Gasteiger charge is 2.27. The zero-order valence-corrected chi connectivity index (χ0v) is 12.3. The van der Waals surface area contributed by atoms with Crippen LogP contribution in [0.15, 0.2) is 17.0 Å². The maximum Gasteiger partial charge on any atom is 0.274 e. The standard InChI is InChI=1S/C11H16FN3O5S/c1-7(3-4-20-2)14-21(18,19)11-9(12)5-8(15(16)17)6-10(11)13/h5-7,14H,3-4,13H2,1-2H3. The molecular weight excluding hydrogens is 305 g/mol. The Balaban J connectivity index is 3.12. The second kappa shape index (κ2) is 6.78. The predicted octanol–water partition coefficient (Wildman–Crippen LogP) is 1.02. The maximum absolute atomic E-state index is 13.8. The fourth-order valence-electron chi connectivity index (χ4n) is 1.67. The fourth-order valence-corrected chi connectivity index (χ4v) is 3.12. The van der Waals surface area contributed by atoms with Crippen LogP contribution in [0.3, 0.4) is 0 Å². The van der Waals surface area contributed by atoms with Crippen LogP contribution in [0.5, 0.6) is 0 Å². The summed E-state index contributed by atoms with van der Waals surface area (Å²) in [4.78, 5) is 8.92. The molecule has 0 aliphatic heterocycles. The molecule has 0 aromatic heterocycles. The number of rotatable bonds is 7. The summed E-state index contributed by atoms with van der Waals surface area (Å²) in [6.07, 6.45) is 0.379. The highest BCUT2D eigenvalue weighted by molar-refractivity contribution is 7.89. The highest BCUT2D eigenvalue weighted by Crippen LogP contribution is 2.27. The second-order valence-electron chi connectivity index (χ2n) is 4.41. The van der Waals surface area contributed by atoms with Crippen molar-refractivity contribution in [1.29, 1.82) is 0 Å². The molecule has 8 nitrogen and oxygen atoms in total. The van der Waals surface area contributed by atoms with Crippen LogP contribution in [0.4, 0.5) is 15.8 Å². The molecule has 1 rings (SSSR count). The van der Waals surface area contributed by atoms with Gasteiger partial charge in [0, 0.05) is 25.8 Å². The van der Waals surface area contributed by atoms with Crippen molar-refractivity contribution in [3.8, 4) is 0 Å². The van der Waals surface area contributed by atoms with Crippen molar-refractivity contribution in [2.45, 2.75) is 24.3 Å². The van der Waals surface area contributed by atoms with Crippen molar-refractivity contribution in [3.05, 3.63) is 28.1 Å². The van der Waals surface area contributed by atoms with E-state index in [1.165, 1.54) is 7.11 Å². The molecule has 0 heterocycles. The number of nitro benzene ring substituents is 1. The van der Waals surface area contributed by atoms with Crippen LogP contribution in [0, 0.1) is 15.9 Å². The molecular formula is C11H16FN3O5S. The number of methoxy groups -OCH3 is 1. The molecule has 1 atom stereocenters. The van der Waals surface area contributed by atoms with Gasteiger partial charge in [0.1, 0.15) is 4.90 Å². The predicted molar refractivity (Wildman–Crippen MR) is 73.7 cm³/mol. The van der Waals surface area contributed by atoms with Crippen LogP contribution in [0.1, 0.15) is 13.3 Å². The normalized spacial score (nSPS) is 13.1. The number of halogens is 1. The number of non-ortho nitro benzene ring substituents is 1. The molecule has 0 aliphatic rings. The summed E-state index contributed by atoms with van der Waals surface area (Å²) in [7, 11) is -2.75. The number of anilines is 1. The molecule has 0 saturated carbocycles. The molecule has 10 heteroatoms. The van der Waals surface area contributed by atoms with Gasteiger partial charge in [-0.15, -0.1) is 0 Å². The summed E-state index contributed by atoms with van der Waals surface area (Å²) in [6, 6.07) is 0.811. The van der Waals surface area contributed by atoms with Crippen molar-refractivity contribution in [2.24, 2.45) is 0 Å². The quantitative estimate of drug-likeness (QED) is 0.439. The first kappa shape index (κ1) is 17.3. The van der Waals surface area contributed by atoms with Crippen molar-refractivity contribution >= 4 is 21.4 Å². The average Bonchev–Trinajstić information content (AvgIpc) is 2.34. The second-order valence-corrected chi connectivity index (χ2v) is 6.06. The Morgan fingerprint density at radius 3 is 2.62 bits per heavy atom. The lowest BCUT2D eigenvalue weighted by Gasteiger charge is -2.15. The summed E-state index contributed by atoms with van der Waals surface area (Å²) in [6.45, 7) is 1.90. The molecule has 0 spiro atoms. The van der Waals surface area contributed by atoms with Crippen LogP contribution in [-0.2, 0) is 14.8 Å². The number of sulfonamides is 1. The average molecular weight is 321 g/mol. The number of ether oxygens (including phenoxy) is 1. The third-order valence-electron chi connectivity index (χ3n) is 2.65. The van der Waals surface area contributed by atoms with E-state index in [-0.39, 0.29) is 0 Å². The van der Waals surface area contributed by atoms with Gasteiger partial charge >= 0.3 is 0 Å². The van der Waals surface area contributed by atoms with Gasteiger partial charge in [-0.05, 0) is 13.3 Å². The van der Waals surface area contributed by atoms with E-state index in [4.69, 9.17) is 10.5 Å². The first-order chi connectivity index (χ1) is 9.69. The van der Waals surface area contributed by atoms with Crippen LogP contribution < -0.4 is 10.5 Å². The van der Waals surface area contributed by atoms with E-state index in [1.807, 2.05) is 0 Å². The zero-order chi connectivity index (χ0) is 16.2. The van der Waals surface area contributed by atoms with Gasteiger partial charge < -0.3 is 10.5 Å². The summed E-state index contributed by atoms with van der Waals surface area (Å²) >= 11 is 0. The molecule has 1 aromatic carbocycles. The third kappa shape index (κ3) is 4.34. The Morgan fingerprint density at radius 1 is 1.52 bits per heavy atom. The molecule has 118 valence electrons. The Morgan fingerprint density at radius 2 is 2.14 bits per heavy atom. The number of nitro groups is 1. The molecule has 0 amide bonds. The summed E-state index contributed by atoms with van der Waals surface area (Å²) < 4.78 is 45.1. The van der Waals surface area contributed by atoms with Gasteiger partial charge in [0.05, 0.1) is 16.7 Å². The number of nitrogens with one attached hydrogen (secondary N) is 1. The molecule has 1 aromatic rings. The molecule has 3 N–H and O–H groups in total. The topological polar surface area (TPSA) is 125 Å². The Bertz CT molecular complexity index is 612. The summed E-state index contributed by atoms with van der Waals surface area (Å²) in [5.74, 6) is -1.27. The lowest BCUT2D eigenvalue weighted by Crippen LogP contribution is -2.34. The van der Waals surface area contributed by atoms with Crippen LogP contribution in [0.25, 0.3) is 0 Å². The van der Waals surface area contributed by atoms with Crippen LogP contribution >= 0.6 is 0 Å². The number of nitrogen functional groups attached to an aromatic ring is 1. The number of hydrogen-bond acceptors (Lipinski definition) is 6. The SMILES string of the molecule is COCCC(C)NS(=O)(=O)c1c(N)cc([N+](=O)[O-])cc1F.